The maximum atomic E-state index is 2.64. The van der Waals surface area contributed by atoms with Crippen molar-refractivity contribution >= 4 is 55.7 Å². The first kappa shape index (κ1) is 84.1. The first-order valence-corrected chi connectivity index (χ1v) is 47.4. The summed E-state index contributed by atoms with van der Waals surface area (Å²) >= 11 is 0. The van der Waals surface area contributed by atoms with Crippen LogP contribution in [0.15, 0.2) is 455 Å². The number of rotatable bonds is 14. The molecule has 0 radical (unpaired) electrons. The number of benzene rings is 20. The van der Waals surface area contributed by atoms with Crippen LogP contribution in [0.4, 0.5) is 34.1 Å². The first-order chi connectivity index (χ1) is 65.1. The fraction of sp³-hybridized carbons (Fsp3) is 0.121. The summed E-state index contributed by atoms with van der Waals surface area (Å²) in [5.74, 6) is 0. The van der Waals surface area contributed by atoms with Gasteiger partial charge in [0.05, 0.1) is 33.9 Å². The van der Waals surface area contributed by atoms with Crippen molar-refractivity contribution < 1.29 is 0 Å². The van der Waals surface area contributed by atoms with E-state index in [0.717, 1.165) is 123 Å². The van der Waals surface area contributed by atoms with E-state index in [9.17, 15) is 0 Å². The smallest absolute Gasteiger partial charge is 0.0714 e. The fourth-order valence-corrected chi connectivity index (χ4v) is 21.7. The Morgan fingerprint density at radius 3 is 1.20 bits per heavy atom. The molecule has 2 aliphatic heterocycles. The molecule has 20 aromatic carbocycles. The summed E-state index contributed by atoms with van der Waals surface area (Å²) in [5, 5.41) is 4.71. The van der Waals surface area contributed by atoms with Crippen molar-refractivity contribution in [1.29, 1.82) is 0 Å². The van der Waals surface area contributed by atoms with Crippen molar-refractivity contribution in [3.63, 3.8) is 0 Å². The largest absolute Gasteiger partial charge is 0.309 e. The van der Waals surface area contributed by atoms with E-state index in [0.29, 0.717) is 0 Å². The number of hydrogen-bond donors (Lipinski definition) is 0. The summed E-state index contributed by atoms with van der Waals surface area (Å²) in [6.07, 6.45) is 0. The Kier molecular flexibility index (Phi) is 21.0. The minimum absolute atomic E-state index is 0.132. The summed E-state index contributed by atoms with van der Waals surface area (Å²) in [7, 11) is 0. The molecule has 2 heteroatoms. The molecule has 0 aromatic heterocycles. The SMILES string of the molecule is CC(C)(C)c1cc(-c2ccccc2N(c2ccccc2-c2cccc3cc(-c4cc(-c5ccccc5)c5c(c4)C(C)(C)c4cc(cc(C(C)(C)C)c4)-c4ccccc4N(c4ccccc4-c4cccc6cccc(-c7ccccc7)c46)c4ccc-5c(-c5ccccc5)c4)cc(-c4ccccc4)c23)c2cccc3c2-c2ccccc2C3(c2ccccc2)c2ccccc2)cc(C(C)(C)C)c1. The Morgan fingerprint density at radius 1 is 0.209 bits per heavy atom. The van der Waals surface area contributed by atoms with E-state index in [-0.39, 0.29) is 16.2 Å². The molecule has 3 aliphatic rings. The van der Waals surface area contributed by atoms with Crippen LogP contribution in [0.25, 0.3) is 144 Å². The van der Waals surface area contributed by atoms with Gasteiger partial charge in [-0.2, -0.15) is 0 Å². The normalized spacial score (nSPS) is 13.1. The van der Waals surface area contributed by atoms with Crippen LogP contribution < -0.4 is 9.80 Å². The van der Waals surface area contributed by atoms with E-state index < -0.39 is 10.8 Å². The number of nitrogens with zero attached hydrogens (tertiary/aromatic N) is 2. The highest BCUT2D eigenvalue weighted by molar-refractivity contribution is 6.14. The molecule has 0 fully saturated rings. The number of anilines is 6. The molecule has 0 N–H and O–H groups in total. The Bertz CT molecular complexity index is 7840. The average molecular weight is 1720 g/mol. The summed E-state index contributed by atoms with van der Waals surface area (Å²) in [6, 6.07) is 173. The van der Waals surface area contributed by atoms with E-state index in [1.807, 2.05) is 0 Å². The second-order valence-electron chi connectivity index (χ2n) is 40.2. The summed E-state index contributed by atoms with van der Waals surface area (Å²) in [5.41, 5.74) is 41.3. The van der Waals surface area contributed by atoms with Crippen molar-refractivity contribution in [1.82, 2.24) is 0 Å². The number of fused-ring (bicyclic) bond motifs is 7. The van der Waals surface area contributed by atoms with Crippen molar-refractivity contribution in [2.75, 3.05) is 9.80 Å². The maximum Gasteiger partial charge on any atom is 0.0714 e. The summed E-state index contributed by atoms with van der Waals surface area (Å²) < 4.78 is 0. The number of hydrogen-bond acceptors (Lipinski definition) is 2. The second kappa shape index (κ2) is 33.4. The molecule has 646 valence electrons. The van der Waals surface area contributed by atoms with Gasteiger partial charge in [0.15, 0.2) is 0 Å². The van der Waals surface area contributed by atoms with Crippen LogP contribution in [0.3, 0.4) is 0 Å². The first-order valence-electron chi connectivity index (χ1n) is 47.4. The van der Waals surface area contributed by atoms with E-state index in [1.54, 1.807) is 0 Å². The van der Waals surface area contributed by atoms with Crippen LogP contribution in [0.2, 0.25) is 0 Å². The molecular weight excluding hydrogens is 1610 g/mol. The zero-order valence-electron chi connectivity index (χ0n) is 78.2. The van der Waals surface area contributed by atoms with E-state index >= 15 is 0 Å². The molecule has 0 unspecified atom stereocenters. The highest BCUT2D eigenvalue weighted by Crippen LogP contribution is 2.62. The predicted molar refractivity (Wildman–Crippen MR) is 571 cm³/mol. The molecule has 0 amide bonds. The number of para-hydroxylation sites is 4. The highest BCUT2D eigenvalue weighted by Gasteiger charge is 2.48. The quantitative estimate of drug-likeness (QED) is 0.107. The van der Waals surface area contributed by atoms with Crippen LogP contribution in [0.1, 0.15) is 126 Å². The molecule has 20 aromatic rings. The van der Waals surface area contributed by atoms with Gasteiger partial charge >= 0.3 is 0 Å². The molecule has 4 bridgehead atoms. The zero-order valence-corrected chi connectivity index (χ0v) is 78.2. The van der Waals surface area contributed by atoms with Gasteiger partial charge in [0.25, 0.3) is 0 Å². The van der Waals surface area contributed by atoms with Crippen molar-refractivity contribution in [3.05, 3.63) is 505 Å². The lowest BCUT2D eigenvalue weighted by molar-refractivity contribution is 0.569. The van der Waals surface area contributed by atoms with Crippen molar-refractivity contribution in [2.24, 2.45) is 0 Å². The van der Waals surface area contributed by atoms with Crippen LogP contribution in [0.5, 0.6) is 0 Å². The Balaban J connectivity index is 0.797. The van der Waals surface area contributed by atoms with Crippen molar-refractivity contribution in [2.45, 2.75) is 103 Å². The second-order valence-corrected chi connectivity index (χ2v) is 40.2. The minimum Gasteiger partial charge on any atom is -0.309 e. The molecular formula is C132H108N2. The van der Waals surface area contributed by atoms with E-state index in [1.165, 1.54) is 105 Å². The van der Waals surface area contributed by atoms with Gasteiger partial charge in [-0.15, -0.1) is 0 Å². The van der Waals surface area contributed by atoms with Crippen LogP contribution >= 0.6 is 0 Å². The molecule has 0 atom stereocenters. The highest BCUT2D eigenvalue weighted by atomic mass is 15.2. The van der Waals surface area contributed by atoms with Crippen LogP contribution in [-0.4, -0.2) is 0 Å². The standard InChI is InChI=1S/C132H108N2/c1-128(2,3)99-77-95(78-100(84-99)129(4,5)6)105-60-32-37-70-120(105)134(123-73-43-68-117-127(123)112-63-30-35-67-116(112)132(117,97-55-26-16-27-56-97)98-57-28-17-29-58-98)122-72-39-34-62-108(122)110-66-42-54-92-76-93(81-114(125(92)110)89-48-22-14-23-49-89)94-82-115(90-50-24-15-25-51-90)126-111-75-74-103(86-113(111)88-46-20-13-21-47-88)133(119-69-36-31-59-104(119)96-79-101(130(7,8)9)85-102(80-96)131(10,11)118(126)83-94)121-71-38-33-61-107(121)109-65-41-53-91-52-40-64-106(124(91)109)87-44-18-12-19-45-87/h12-86H,1-11H3. The third-order valence-corrected chi connectivity index (χ3v) is 28.6. The lowest BCUT2D eigenvalue weighted by Crippen LogP contribution is -2.28. The Morgan fingerprint density at radius 2 is 0.612 bits per heavy atom. The molecule has 23 rings (SSSR count). The van der Waals surface area contributed by atoms with Gasteiger partial charge in [0, 0.05) is 38.9 Å². The molecule has 0 spiro atoms. The Labute approximate surface area is 790 Å². The zero-order chi connectivity index (χ0) is 91.4. The minimum atomic E-state index is -0.659. The molecule has 1 aliphatic carbocycles. The van der Waals surface area contributed by atoms with Gasteiger partial charge in [-0.3, -0.25) is 0 Å². The van der Waals surface area contributed by atoms with Gasteiger partial charge in [0.2, 0.25) is 0 Å². The van der Waals surface area contributed by atoms with Crippen molar-refractivity contribution in [3.8, 4) is 122 Å². The van der Waals surface area contributed by atoms with Gasteiger partial charge in [-0.25, -0.2) is 0 Å². The lowest BCUT2D eigenvalue weighted by atomic mass is 9.68. The van der Waals surface area contributed by atoms with E-state index in [4.69, 9.17) is 0 Å². The summed E-state index contributed by atoms with van der Waals surface area (Å²) in [4.78, 5) is 5.21. The maximum absolute atomic E-state index is 2.64. The third-order valence-electron chi connectivity index (χ3n) is 28.6. The fourth-order valence-electron chi connectivity index (χ4n) is 21.7. The van der Waals surface area contributed by atoms with Gasteiger partial charge < -0.3 is 9.80 Å². The molecule has 0 saturated carbocycles. The monoisotopic (exact) mass is 1720 g/mol. The molecule has 2 heterocycles. The molecule has 2 nitrogen and oxygen atoms in total. The van der Waals surface area contributed by atoms with Gasteiger partial charge in [0.1, 0.15) is 0 Å². The predicted octanol–water partition coefficient (Wildman–Crippen LogP) is 36.5. The summed E-state index contributed by atoms with van der Waals surface area (Å²) in [6.45, 7) is 26.2. The topological polar surface area (TPSA) is 6.48 Å². The van der Waals surface area contributed by atoms with Crippen LogP contribution in [-0.2, 0) is 27.1 Å². The van der Waals surface area contributed by atoms with E-state index in [2.05, 4.69) is 541 Å². The Hall–Kier alpha value is -15.5. The lowest BCUT2D eigenvalue weighted by Gasteiger charge is -2.35. The third kappa shape index (κ3) is 14.6. The molecule has 0 saturated heterocycles. The van der Waals surface area contributed by atoms with Gasteiger partial charge in [-0.05, 0) is 249 Å². The van der Waals surface area contributed by atoms with Gasteiger partial charge in [-0.1, -0.05) is 464 Å². The molecule has 134 heavy (non-hydrogen) atoms. The average Bonchev–Trinajstić information content (AvgIpc) is 1.52. The van der Waals surface area contributed by atoms with Crippen LogP contribution in [0, 0.1) is 0 Å².